The number of nitrogens with zero attached hydrogens (tertiary/aromatic N) is 1. The molecule has 0 spiro atoms. The fraction of sp³-hybridized carbons (Fsp3) is 0.125. The highest BCUT2D eigenvalue weighted by molar-refractivity contribution is 6.19. The second kappa shape index (κ2) is 3.98. The highest BCUT2D eigenvalue weighted by Gasteiger charge is 1.85. The number of alkyl halides is 1. The average Bonchev–Trinajstić information content (AvgIpc) is 2.04. The molecule has 1 aromatic heterocycles. The number of anilines is 1. The SMILES string of the molecule is Nc1ccc(C=CCCl)cn1. The zero-order valence-electron chi connectivity index (χ0n) is 6.00. The lowest BCUT2D eigenvalue weighted by atomic mass is 10.2. The Balaban J connectivity index is 2.73. The lowest BCUT2D eigenvalue weighted by Gasteiger charge is -1.92. The number of aromatic nitrogens is 1. The molecular weight excluding hydrogens is 160 g/mol. The Morgan fingerprint density at radius 2 is 2.36 bits per heavy atom. The molecule has 0 aliphatic heterocycles. The molecule has 2 N–H and O–H groups in total. The molecule has 1 aromatic rings. The van der Waals surface area contributed by atoms with E-state index in [1.165, 1.54) is 0 Å². The van der Waals surface area contributed by atoms with Crippen molar-refractivity contribution >= 4 is 23.5 Å². The van der Waals surface area contributed by atoms with Gasteiger partial charge in [0, 0.05) is 12.1 Å². The van der Waals surface area contributed by atoms with Crippen molar-refractivity contribution in [2.75, 3.05) is 11.6 Å². The van der Waals surface area contributed by atoms with Crippen LogP contribution in [-0.2, 0) is 0 Å². The van der Waals surface area contributed by atoms with E-state index in [1.54, 1.807) is 12.3 Å². The van der Waals surface area contributed by atoms with Gasteiger partial charge in [-0.05, 0) is 17.7 Å². The molecule has 2 nitrogen and oxygen atoms in total. The van der Waals surface area contributed by atoms with Crippen molar-refractivity contribution in [2.45, 2.75) is 0 Å². The third-order valence-electron chi connectivity index (χ3n) is 1.21. The largest absolute Gasteiger partial charge is 0.384 e. The van der Waals surface area contributed by atoms with Crippen LogP contribution in [0.15, 0.2) is 24.4 Å². The molecule has 1 heterocycles. The maximum atomic E-state index is 5.45. The Morgan fingerprint density at radius 1 is 1.55 bits per heavy atom. The van der Waals surface area contributed by atoms with Gasteiger partial charge < -0.3 is 5.73 Å². The minimum Gasteiger partial charge on any atom is -0.384 e. The number of nitrogen functional groups attached to an aromatic ring is 1. The van der Waals surface area contributed by atoms with Gasteiger partial charge in [0.15, 0.2) is 0 Å². The van der Waals surface area contributed by atoms with E-state index in [1.807, 2.05) is 18.2 Å². The van der Waals surface area contributed by atoms with E-state index >= 15 is 0 Å². The van der Waals surface area contributed by atoms with E-state index in [4.69, 9.17) is 17.3 Å². The number of allylic oxidation sites excluding steroid dienone is 1. The van der Waals surface area contributed by atoms with Crippen molar-refractivity contribution in [3.63, 3.8) is 0 Å². The molecule has 0 fully saturated rings. The second-order valence-electron chi connectivity index (χ2n) is 2.07. The van der Waals surface area contributed by atoms with Crippen molar-refractivity contribution in [3.8, 4) is 0 Å². The van der Waals surface area contributed by atoms with E-state index in [9.17, 15) is 0 Å². The minimum absolute atomic E-state index is 0.518. The molecule has 0 saturated heterocycles. The summed E-state index contributed by atoms with van der Waals surface area (Å²) in [6, 6.07) is 3.65. The highest BCUT2D eigenvalue weighted by atomic mass is 35.5. The molecule has 0 radical (unpaired) electrons. The first-order chi connectivity index (χ1) is 5.33. The molecule has 0 unspecified atom stereocenters. The average molecular weight is 169 g/mol. The smallest absolute Gasteiger partial charge is 0.123 e. The first kappa shape index (κ1) is 8.08. The van der Waals surface area contributed by atoms with Gasteiger partial charge in [-0.2, -0.15) is 0 Å². The molecule has 58 valence electrons. The van der Waals surface area contributed by atoms with Gasteiger partial charge in [-0.25, -0.2) is 4.98 Å². The van der Waals surface area contributed by atoms with Crippen LogP contribution in [0.25, 0.3) is 6.08 Å². The second-order valence-corrected chi connectivity index (χ2v) is 2.38. The Kier molecular flexibility index (Phi) is 2.93. The van der Waals surface area contributed by atoms with Crippen molar-refractivity contribution < 1.29 is 0 Å². The number of nitrogens with two attached hydrogens (primary N) is 1. The van der Waals surface area contributed by atoms with E-state index in [-0.39, 0.29) is 0 Å². The van der Waals surface area contributed by atoms with Crippen molar-refractivity contribution in [1.29, 1.82) is 0 Å². The van der Waals surface area contributed by atoms with E-state index < -0.39 is 0 Å². The van der Waals surface area contributed by atoms with E-state index in [2.05, 4.69) is 4.98 Å². The van der Waals surface area contributed by atoms with Crippen LogP contribution in [0, 0.1) is 0 Å². The number of hydrogen-bond acceptors (Lipinski definition) is 2. The number of pyridine rings is 1. The summed E-state index contributed by atoms with van der Waals surface area (Å²) in [5, 5.41) is 0. The topological polar surface area (TPSA) is 38.9 Å². The van der Waals surface area contributed by atoms with Crippen molar-refractivity contribution in [1.82, 2.24) is 4.98 Å². The van der Waals surface area contributed by atoms with Crippen molar-refractivity contribution in [2.24, 2.45) is 0 Å². The lowest BCUT2D eigenvalue weighted by molar-refractivity contribution is 1.32. The van der Waals surface area contributed by atoms with Gasteiger partial charge in [0.2, 0.25) is 0 Å². The van der Waals surface area contributed by atoms with Gasteiger partial charge in [-0.1, -0.05) is 12.2 Å². The first-order valence-corrected chi connectivity index (χ1v) is 3.80. The molecule has 3 heteroatoms. The van der Waals surface area contributed by atoms with Crippen LogP contribution >= 0.6 is 11.6 Å². The zero-order valence-corrected chi connectivity index (χ0v) is 6.75. The van der Waals surface area contributed by atoms with Gasteiger partial charge in [0.05, 0.1) is 0 Å². The number of rotatable bonds is 2. The lowest BCUT2D eigenvalue weighted by Crippen LogP contribution is -1.87. The minimum atomic E-state index is 0.518. The molecule has 0 aliphatic carbocycles. The van der Waals surface area contributed by atoms with Crippen LogP contribution < -0.4 is 5.73 Å². The monoisotopic (exact) mass is 168 g/mol. The fourth-order valence-corrected chi connectivity index (χ4v) is 0.785. The zero-order chi connectivity index (χ0) is 8.10. The maximum Gasteiger partial charge on any atom is 0.123 e. The quantitative estimate of drug-likeness (QED) is 0.686. The third kappa shape index (κ3) is 2.60. The van der Waals surface area contributed by atoms with Crippen LogP contribution in [0.2, 0.25) is 0 Å². The molecule has 0 aliphatic rings. The van der Waals surface area contributed by atoms with Gasteiger partial charge in [-0.3, -0.25) is 0 Å². The van der Waals surface area contributed by atoms with Crippen LogP contribution in [-0.4, -0.2) is 10.9 Å². The Hall–Kier alpha value is -1.02. The summed E-state index contributed by atoms with van der Waals surface area (Å²) in [6.07, 6.45) is 5.46. The van der Waals surface area contributed by atoms with Crippen LogP contribution in [0.1, 0.15) is 5.56 Å². The van der Waals surface area contributed by atoms with Crippen LogP contribution in [0.4, 0.5) is 5.82 Å². The summed E-state index contributed by atoms with van der Waals surface area (Å²) in [6.45, 7) is 0. The van der Waals surface area contributed by atoms with Crippen LogP contribution in [0.3, 0.4) is 0 Å². The predicted molar refractivity (Wildman–Crippen MR) is 48.4 cm³/mol. The molecule has 0 atom stereocenters. The van der Waals surface area contributed by atoms with Gasteiger partial charge in [0.1, 0.15) is 5.82 Å². The maximum absolute atomic E-state index is 5.45. The van der Waals surface area contributed by atoms with Crippen molar-refractivity contribution in [3.05, 3.63) is 30.0 Å². The van der Waals surface area contributed by atoms with E-state index in [0.717, 1.165) is 5.56 Å². The van der Waals surface area contributed by atoms with Gasteiger partial charge in [-0.15, -0.1) is 11.6 Å². The summed E-state index contributed by atoms with van der Waals surface area (Å²) < 4.78 is 0. The Bertz CT molecular complexity index is 241. The molecule has 0 saturated carbocycles. The summed E-state index contributed by atoms with van der Waals surface area (Å²) in [7, 11) is 0. The summed E-state index contributed by atoms with van der Waals surface area (Å²) in [5.74, 6) is 1.05. The molecule has 0 bridgehead atoms. The fourth-order valence-electron chi connectivity index (χ4n) is 0.696. The summed E-state index contributed by atoms with van der Waals surface area (Å²) in [4.78, 5) is 3.92. The predicted octanol–water partition coefficient (Wildman–Crippen LogP) is 1.92. The third-order valence-corrected chi connectivity index (χ3v) is 1.39. The normalized spacial score (nSPS) is 10.6. The number of halogens is 1. The number of hydrogen-bond donors (Lipinski definition) is 1. The van der Waals surface area contributed by atoms with Gasteiger partial charge in [0.25, 0.3) is 0 Å². The summed E-state index contributed by atoms with van der Waals surface area (Å²) >= 11 is 5.45. The Labute approximate surface area is 70.7 Å². The molecule has 0 amide bonds. The van der Waals surface area contributed by atoms with Crippen LogP contribution in [0.5, 0.6) is 0 Å². The van der Waals surface area contributed by atoms with Gasteiger partial charge >= 0.3 is 0 Å². The molecule has 11 heavy (non-hydrogen) atoms. The summed E-state index contributed by atoms with van der Waals surface area (Å²) in [5.41, 5.74) is 6.41. The standard InChI is InChI=1S/C8H9ClN2/c9-5-1-2-7-3-4-8(10)11-6-7/h1-4,6H,5H2,(H2,10,11). The molecule has 0 aromatic carbocycles. The van der Waals surface area contributed by atoms with E-state index in [0.29, 0.717) is 11.7 Å². The molecular formula is C8H9ClN2. The Morgan fingerprint density at radius 3 is 2.91 bits per heavy atom. The first-order valence-electron chi connectivity index (χ1n) is 3.27. The highest BCUT2D eigenvalue weighted by Crippen LogP contribution is 2.02. The molecule has 1 rings (SSSR count).